The Labute approximate surface area is 86.3 Å². The minimum atomic E-state index is 0.476. The standard InChI is InChI=1S/C14H18/c1-13-8-5-9-14(13,2)12-7-4-3-6-11(12)10-13/h3-4,6-7H,5,8-10H2,1-2H3. The quantitative estimate of drug-likeness (QED) is 0.579. The zero-order valence-corrected chi connectivity index (χ0v) is 9.14. The van der Waals surface area contributed by atoms with Crippen LogP contribution in [-0.4, -0.2) is 0 Å². The lowest BCUT2D eigenvalue weighted by molar-refractivity contribution is 0.224. The van der Waals surface area contributed by atoms with E-state index in [9.17, 15) is 0 Å². The molecule has 0 heterocycles. The van der Waals surface area contributed by atoms with E-state index in [0.29, 0.717) is 10.8 Å². The second kappa shape index (κ2) is 2.42. The van der Waals surface area contributed by atoms with E-state index >= 15 is 0 Å². The first-order chi connectivity index (χ1) is 6.66. The number of fused-ring (bicyclic) bond motifs is 3. The number of benzene rings is 1. The molecule has 0 bridgehead atoms. The summed E-state index contributed by atoms with van der Waals surface area (Å²) in [7, 11) is 0. The van der Waals surface area contributed by atoms with Crippen molar-refractivity contribution in [1.82, 2.24) is 0 Å². The summed E-state index contributed by atoms with van der Waals surface area (Å²) in [6.07, 6.45) is 5.53. The van der Waals surface area contributed by atoms with Gasteiger partial charge < -0.3 is 0 Å². The molecule has 0 saturated heterocycles. The molecule has 74 valence electrons. The van der Waals surface area contributed by atoms with Gasteiger partial charge in [-0.05, 0) is 41.2 Å². The maximum absolute atomic E-state index is 2.49. The van der Waals surface area contributed by atoms with Crippen LogP contribution in [0.2, 0.25) is 0 Å². The molecule has 1 saturated carbocycles. The fourth-order valence-corrected chi connectivity index (χ4v) is 3.79. The zero-order valence-electron chi connectivity index (χ0n) is 9.14. The Hall–Kier alpha value is -0.780. The van der Waals surface area contributed by atoms with Crippen LogP contribution in [0.15, 0.2) is 24.3 Å². The van der Waals surface area contributed by atoms with Gasteiger partial charge in [0, 0.05) is 0 Å². The van der Waals surface area contributed by atoms with E-state index in [1.807, 2.05) is 0 Å². The molecule has 0 spiro atoms. The van der Waals surface area contributed by atoms with E-state index in [2.05, 4.69) is 38.1 Å². The van der Waals surface area contributed by atoms with Crippen LogP contribution < -0.4 is 0 Å². The Morgan fingerprint density at radius 1 is 1.07 bits per heavy atom. The lowest BCUT2D eigenvalue weighted by atomic mass is 9.69. The van der Waals surface area contributed by atoms with Crippen molar-refractivity contribution in [2.45, 2.75) is 44.9 Å². The van der Waals surface area contributed by atoms with Gasteiger partial charge >= 0.3 is 0 Å². The highest BCUT2D eigenvalue weighted by atomic mass is 14.6. The maximum atomic E-state index is 2.49. The van der Waals surface area contributed by atoms with Gasteiger partial charge in [0.05, 0.1) is 0 Å². The maximum Gasteiger partial charge on any atom is -0.00156 e. The van der Waals surface area contributed by atoms with Gasteiger partial charge in [-0.2, -0.15) is 0 Å². The number of hydrogen-bond acceptors (Lipinski definition) is 0. The van der Waals surface area contributed by atoms with Crippen molar-refractivity contribution in [3.63, 3.8) is 0 Å². The molecule has 0 N–H and O–H groups in total. The molecule has 14 heavy (non-hydrogen) atoms. The molecule has 0 heteroatoms. The lowest BCUT2D eigenvalue weighted by Crippen LogP contribution is -2.32. The van der Waals surface area contributed by atoms with Crippen molar-refractivity contribution in [3.05, 3.63) is 35.4 Å². The van der Waals surface area contributed by atoms with E-state index in [4.69, 9.17) is 0 Å². The van der Waals surface area contributed by atoms with Gasteiger partial charge in [0.25, 0.3) is 0 Å². The number of hydrogen-bond donors (Lipinski definition) is 0. The van der Waals surface area contributed by atoms with E-state index < -0.39 is 0 Å². The Morgan fingerprint density at radius 3 is 2.71 bits per heavy atom. The summed E-state index contributed by atoms with van der Waals surface area (Å²) in [5.74, 6) is 0. The monoisotopic (exact) mass is 186 g/mol. The highest BCUT2D eigenvalue weighted by Crippen LogP contribution is 2.60. The molecule has 1 aromatic carbocycles. The van der Waals surface area contributed by atoms with Crippen molar-refractivity contribution in [1.29, 1.82) is 0 Å². The van der Waals surface area contributed by atoms with Gasteiger partial charge in [0.15, 0.2) is 0 Å². The van der Waals surface area contributed by atoms with Gasteiger partial charge in [-0.1, -0.05) is 44.5 Å². The second-order valence-corrected chi connectivity index (χ2v) is 5.58. The molecule has 2 unspecified atom stereocenters. The molecule has 2 aliphatic rings. The van der Waals surface area contributed by atoms with Crippen LogP contribution in [0.25, 0.3) is 0 Å². The average molecular weight is 186 g/mol. The third-order valence-corrected chi connectivity index (χ3v) is 4.93. The topological polar surface area (TPSA) is 0 Å². The normalized spacial score (nSPS) is 39.6. The van der Waals surface area contributed by atoms with Crippen LogP contribution in [0.5, 0.6) is 0 Å². The first kappa shape index (κ1) is 8.52. The molecule has 1 aromatic rings. The highest BCUT2D eigenvalue weighted by molar-refractivity contribution is 5.43. The summed E-state index contributed by atoms with van der Waals surface area (Å²) in [4.78, 5) is 0. The molecule has 0 amide bonds. The first-order valence-electron chi connectivity index (χ1n) is 5.74. The van der Waals surface area contributed by atoms with Gasteiger partial charge in [-0.3, -0.25) is 0 Å². The predicted octanol–water partition coefficient (Wildman–Crippen LogP) is 3.69. The van der Waals surface area contributed by atoms with Crippen LogP contribution in [-0.2, 0) is 11.8 Å². The SMILES string of the molecule is CC12CCCC1(C)c1ccccc1C2. The molecule has 2 atom stereocenters. The minimum Gasteiger partial charge on any atom is -0.0620 e. The third kappa shape index (κ3) is 0.802. The van der Waals surface area contributed by atoms with Gasteiger partial charge in [0.1, 0.15) is 0 Å². The Bertz CT molecular complexity index is 379. The summed E-state index contributed by atoms with van der Waals surface area (Å²) in [6, 6.07) is 9.07. The van der Waals surface area contributed by atoms with E-state index in [1.54, 1.807) is 11.1 Å². The molecule has 0 aromatic heterocycles. The van der Waals surface area contributed by atoms with Gasteiger partial charge in [-0.15, -0.1) is 0 Å². The number of rotatable bonds is 0. The van der Waals surface area contributed by atoms with Crippen LogP contribution in [0, 0.1) is 5.41 Å². The lowest BCUT2D eigenvalue weighted by Gasteiger charge is -2.35. The van der Waals surface area contributed by atoms with Crippen molar-refractivity contribution >= 4 is 0 Å². The molecule has 0 radical (unpaired) electrons. The second-order valence-electron chi connectivity index (χ2n) is 5.58. The molecule has 2 aliphatic carbocycles. The largest absolute Gasteiger partial charge is 0.0620 e. The predicted molar refractivity (Wildman–Crippen MR) is 59.5 cm³/mol. The van der Waals surface area contributed by atoms with Crippen LogP contribution in [0.4, 0.5) is 0 Å². The molecule has 1 fully saturated rings. The van der Waals surface area contributed by atoms with Crippen LogP contribution in [0.1, 0.15) is 44.2 Å². The fraction of sp³-hybridized carbons (Fsp3) is 0.571. The zero-order chi connectivity index (χ0) is 9.81. The summed E-state index contributed by atoms with van der Waals surface area (Å²) >= 11 is 0. The van der Waals surface area contributed by atoms with Crippen molar-refractivity contribution in [2.75, 3.05) is 0 Å². The smallest absolute Gasteiger partial charge is 0.00156 e. The molecular weight excluding hydrogens is 168 g/mol. The third-order valence-electron chi connectivity index (χ3n) is 4.93. The van der Waals surface area contributed by atoms with Crippen LogP contribution >= 0.6 is 0 Å². The van der Waals surface area contributed by atoms with E-state index in [1.165, 1.54) is 25.7 Å². The Kier molecular flexibility index (Phi) is 1.47. The van der Waals surface area contributed by atoms with E-state index in [-0.39, 0.29) is 0 Å². The van der Waals surface area contributed by atoms with E-state index in [0.717, 1.165) is 0 Å². The fourth-order valence-electron chi connectivity index (χ4n) is 3.79. The minimum absolute atomic E-state index is 0.476. The van der Waals surface area contributed by atoms with Gasteiger partial charge in [0.2, 0.25) is 0 Å². The summed E-state index contributed by atoms with van der Waals surface area (Å²) in [6.45, 7) is 4.96. The van der Waals surface area contributed by atoms with Crippen molar-refractivity contribution < 1.29 is 0 Å². The molecule has 0 nitrogen and oxygen atoms in total. The van der Waals surface area contributed by atoms with Gasteiger partial charge in [-0.25, -0.2) is 0 Å². The Morgan fingerprint density at radius 2 is 1.86 bits per heavy atom. The highest BCUT2D eigenvalue weighted by Gasteiger charge is 2.54. The first-order valence-corrected chi connectivity index (χ1v) is 5.74. The summed E-state index contributed by atoms with van der Waals surface area (Å²) in [5.41, 5.74) is 4.28. The molecular formula is C14H18. The molecule has 3 rings (SSSR count). The average Bonchev–Trinajstić information content (AvgIpc) is 2.54. The molecule has 0 aliphatic heterocycles. The van der Waals surface area contributed by atoms with Crippen molar-refractivity contribution in [3.8, 4) is 0 Å². The van der Waals surface area contributed by atoms with Crippen molar-refractivity contribution in [2.24, 2.45) is 5.41 Å². The Balaban J connectivity index is 2.22. The summed E-state index contributed by atoms with van der Waals surface area (Å²) in [5, 5.41) is 0. The summed E-state index contributed by atoms with van der Waals surface area (Å²) < 4.78 is 0. The van der Waals surface area contributed by atoms with Crippen LogP contribution in [0.3, 0.4) is 0 Å².